The van der Waals surface area contributed by atoms with Crippen LogP contribution in [-0.4, -0.2) is 59.5 Å². The van der Waals surface area contributed by atoms with Crippen LogP contribution in [0.25, 0.3) is 11.0 Å². The van der Waals surface area contributed by atoms with E-state index in [0.29, 0.717) is 29.5 Å². The van der Waals surface area contributed by atoms with Crippen molar-refractivity contribution in [3.8, 4) is 5.75 Å². The quantitative estimate of drug-likeness (QED) is 0.592. The van der Waals surface area contributed by atoms with Crippen molar-refractivity contribution >= 4 is 50.6 Å². The van der Waals surface area contributed by atoms with Gasteiger partial charge in [-0.1, -0.05) is 0 Å². The Kier molecular flexibility index (Phi) is 6.17. The summed E-state index contributed by atoms with van der Waals surface area (Å²) in [6.07, 6.45) is 3.97. The fourth-order valence-corrected chi connectivity index (χ4v) is 3.40. The molecular formula is C17H17FN4NaO3S. The van der Waals surface area contributed by atoms with Crippen molar-refractivity contribution in [1.82, 2.24) is 19.7 Å². The molecule has 1 aliphatic rings. The zero-order valence-corrected chi connectivity index (χ0v) is 17.6. The average molecular weight is 399 g/mol. The van der Waals surface area contributed by atoms with Crippen LogP contribution in [0.1, 0.15) is 18.5 Å². The third kappa shape index (κ3) is 5.05. The second-order valence-electron chi connectivity index (χ2n) is 6.27. The zero-order chi connectivity index (χ0) is 18.1. The van der Waals surface area contributed by atoms with Crippen molar-refractivity contribution in [2.75, 3.05) is 6.61 Å². The maximum Gasteiger partial charge on any atom is 0.274 e. The molecule has 3 aromatic rings. The van der Waals surface area contributed by atoms with Crippen molar-refractivity contribution in [2.45, 2.75) is 24.5 Å². The summed E-state index contributed by atoms with van der Waals surface area (Å²) in [7, 11) is -3.88. The third-order valence-corrected chi connectivity index (χ3v) is 5.32. The molecule has 1 aromatic carbocycles. The summed E-state index contributed by atoms with van der Waals surface area (Å²) in [4.78, 5) is 10.8. The van der Waals surface area contributed by atoms with Crippen LogP contribution in [0, 0.1) is 11.7 Å². The first-order valence-corrected chi connectivity index (χ1v) is 9.70. The summed E-state index contributed by atoms with van der Waals surface area (Å²) in [6.45, 7) is 0.666. The van der Waals surface area contributed by atoms with Crippen LogP contribution in [0.15, 0.2) is 41.7 Å². The molecule has 2 aromatic heterocycles. The van der Waals surface area contributed by atoms with Gasteiger partial charge in [0.15, 0.2) is 0 Å². The van der Waals surface area contributed by atoms with Crippen LogP contribution in [0.5, 0.6) is 5.75 Å². The van der Waals surface area contributed by atoms with Gasteiger partial charge in [0.25, 0.3) is 10.0 Å². The van der Waals surface area contributed by atoms with Gasteiger partial charge in [-0.25, -0.2) is 22.5 Å². The van der Waals surface area contributed by atoms with Crippen LogP contribution in [0.4, 0.5) is 4.39 Å². The SMILES string of the molecule is O=S(=O)(NCc1cc(OCC2CC2)ccn1)c1nc2cc(F)ccc2[nH]1.[Na]. The third-order valence-electron chi connectivity index (χ3n) is 4.09. The van der Waals surface area contributed by atoms with Gasteiger partial charge in [0, 0.05) is 47.9 Å². The summed E-state index contributed by atoms with van der Waals surface area (Å²) in [5, 5.41) is -0.265. The van der Waals surface area contributed by atoms with Crippen molar-refractivity contribution in [1.29, 1.82) is 0 Å². The molecule has 27 heavy (non-hydrogen) atoms. The molecule has 0 atom stereocenters. The number of nitrogens with one attached hydrogen (secondary N) is 2. The van der Waals surface area contributed by atoms with Gasteiger partial charge in [-0.2, -0.15) is 0 Å². The summed E-state index contributed by atoms with van der Waals surface area (Å²) in [5.74, 6) is 0.816. The number of aromatic amines is 1. The molecule has 1 saturated carbocycles. The van der Waals surface area contributed by atoms with Crippen molar-refractivity contribution < 1.29 is 17.5 Å². The van der Waals surface area contributed by atoms with Gasteiger partial charge < -0.3 is 9.72 Å². The molecule has 0 unspecified atom stereocenters. The predicted octanol–water partition coefficient (Wildman–Crippen LogP) is 1.98. The van der Waals surface area contributed by atoms with Gasteiger partial charge in [0.1, 0.15) is 11.6 Å². The van der Waals surface area contributed by atoms with E-state index >= 15 is 0 Å². The number of halogens is 1. The van der Waals surface area contributed by atoms with Gasteiger partial charge in [-0.15, -0.1) is 0 Å². The van der Waals surface area contributed by atoms with E-state index in [9.17, 15) is 12.8 Å². The summed E-state index contributed by atoms with van der Waals surface area (Å²) in [5.41, 5.74) is 1.23. The Morgan fingerprint density at radius 2 is 2.07 bits per heavy atom. The topological polar surface area (TPSA) is 97.0 Å². The first-order valence-electron chi connectivity index (χ1n) is 8.22. The Balaban J connectivity index is 0.00000210. The van der Waals surface area contributed by atoms with E-state index < -0.39 is 15.8 Å². The van der Waals surface area contributed by atoms with Gasteiger partial charge in [0.2, 0.25) is 5.16 Å². The van der Waals surface area contributed by atoms with Crippen LogP contribution in [-0.2, 0) is 16.6 Å². The molecule has 1 aliphatic carbocycles. The minimum Gasteiger partial charge on any atom is -0.493 e. The van der Waals surface area contributed by atoms with E-state index in [1.54, 1.807) is 18.3 Å². The molecule has 137 valence electrons. The molecule has 1 radical (unpaired) electrons. The van der Waals surface area contributed by atoms with Gasteiger partial charge in [0.05, 0.1) is 29.9 Å². The average Bonchev–Trinajstić information content (AvgIpc) is 3.36. The maximum atomic E-state index is 13.2. The van der Waals surface area contributed by atoms with Crippen molar-refractivity contribution in [3.63, 3.8) is 0 Å². The number of rotatable bonds is 7. The normalized spacial score (nSPS) is 14.1. The Labute approximate surface area is 178 Å². The molecule has 2 heterocycles. The van der Waals surface area contributed by atoms with E-state index in [4.69, 9.17) is 4.74 Å². The van der Waals surface area contributed by atoms with E-state index in [1.807, 2.05) is 0 Å². The predicted molar refractivity (Wildman–Crippen MR) is 98.3 cm³/mol. The minimum atomic E-state index is -3.88. The number of hydrogen-bond donors (Lipinski definition) is 2. The molecule has 0 amide bonds. The summed E-state index contributed by atoms with van der Waals surface area (Å²) >= 11 is 0. The zero-order valence-electron chi connectivity index (χ0n) is 14.8. The second kappa shape index (κ2) is 8.24. The molecule has 0 bridgehead atoms. The maximum absolute atomic E-state index is 13.2. The molecule has 7 nitrogen and oxygen atoms in total. The Bertz CT molecular complexity index is 1050. The summed E-state index contributed by atoms with van der Waals surface area (Å²) in [6, 6.07) is 7.31. The largest absolute Gasteiger partial charge is 0.493 e. The minimum absolute atomic E-state index is 0. The molecule has 0 spiro atoms. The smallest absolute Gasteiger partial charge is 0.274 e. The number of aromatic nitrogens is 3. The number of nitrogens with zero attached hydrogens (tertiary/aromatic N) is 2. The van der Waals surface area contributed by atoms with E-state index in [2.05, 4.69) is 19.7 Å². The van der Waals surface area contributed by atoms with Crippen LogP contribution >= 0.6 is 0 Å². The molecule has 0 saturated heterocycles. The number of sulfonamides is 1. The molecular weight excluding hydrogens is 382 g/mol. The molecule has 4 rings (SSSR count). The van der Waals surface area contributed by atoms with Crippen LogP contribution in [0.2, 0.25) is 0 Å². The Morgan fingerprint density at radius 3 is 2.85 bits per heavy atom. The number of H-pyrrole nitrogens is 1. The molecule has 10 heteroatoms. The van der Waals surface area contributed by atoms with Crippen LogP contribution in [0.3, 0.4) is 0 Å². The number of hydrogen-bond acceptors (Lipinski definition) is 5. The number of benzene rings is 1. The molecule has 1 fully saturated rings. The standard InChI is InChI=1S/C17H17FN4O3S.Na/c18-12-3-4-15-16(7-12)22-17(21-15)26(23,24)20-9-13-8-14(5-6-19-13)25-10-11-1-2-11;/h3-8,11,20H,1-2,9-10H2,(H,21,22);. The monoisotopic (exact) mass is 399 g/mol. The summed E-state index contributed by atoms with van der Waals surface area (Å²) < 4.78 is 46.2. The first kappa shape index (κ1) is 20.2. The number of pyridine rings is 1. The van der Waals surface area contributed by atoms with E-state index in [-0.39, 0.29) is 46.8 Å². The van der Waals surface area contributed by atoms with Crippen LogP contribution < -0.4 is 9.46 Å². The van der Waals surface area contributed by atoms with Gasteiger partial charge in [-0.3, -0.25) is 4.98 Å². The van der Waals surface area contributed by atoms with E-state index in [1.165, 1.54) is 31.0 Å². The fraction of sp³-hybridized carbons (Fsp3) is 0.294. The number of ether oxygens (including phenoxy) is 1. The first-order chi connectivity index (χ1) is 12.5. The Morgan fingerprint density at radius 1 is 1.26 bits per heavy atom. The fourth-order valence-electron chi connectivity index (χ4n) is 2.46. The van der Waals surface area contributed by atoms with E-state index in [0.717, 1.165) is 0 Å². The molecule has 0 aliphatic heterocycles. The number of fused-ring (bicyclic) bond motifs is 1. The van der Waals surface area contributed by atoms with Gasteiger partial charge in [-0.05, 0) is 37.0 Å². The van der Waals surface area contributed by atoms with Crippen molar-refractivity contribution in [2.24, 2.45) is 5.92 Å². The van der Waals surface area contributed by atoms with Gasteiger partial charge >= 0.3 is 0 Å². The number of imidazole rings is 1. The Hall–Kier alpha value is -1.52. The van der Waals surface area contributed by atoms with Crippen molar-refractivity contribution in [3.05, 3.63) is 48.0 Å². The molecule has 2 N–H and O–H groups in total. The second-order valence-corrected chi connectivity index (χ2v) is 7.95.